The Hall–Kier alpha value is -3.75. The number of anilines is 1. The molecule has 0 radical (unpaired) electrons. The summed E-state index contributed by atoms with van der Waals surface area (Å²) >= 11 is 0. The topological polar surface area (TPSA) is 203 Å². The number of nitrogens with zero attached hydrogens (tertiary/aromatic N) is 2. The number of unbranched alkanes of at least 4 members (excludes halogenated alkanes) is 2. The smallest absolute Gasteiger partial charge is 0.303 e. The highest BCUT2D eigenvalue weighted by Crippen LogP contribution is 2.51. The van der Waals surface area contributed by atoms with Gasteiger partial charge in [0.15, 0.2) is 12.3 Å². The van der Waals surface area contributed by atoms with Crippen LogP contribution in [0.2, 0.25) is 0 Å². The van der Waals surface area contributed by atoms with Gasteiger partial charge in [-0.25, -0.2) is 0 Å². The van der Waals surface area contributed by atoms with Crippen LogP contribution in [0.4, 0.5) is 11.4 Å². The van der Waals surface area contributed by atoms with Gasteiger partial charge in [-0.2, -0.15) is 29.8 Å². The molecule has 2 aliphatic rings. The number of methoxy groups -OCH3 is 2. The Morgan fingerprint density at radius 1 is 0.793 bits per heavy atom. The molecule has 2 aliphatic heterocycles. The van der Waals surface area contributed by atoms with Crippen LogP contribution >= 0.6 is 0 Å². The molecule has 2 aromatic carbocycles. The molecule has 2 aromatic rings. The van der Waals surface area contributed by atoms with Gasteiger partial charge in [0.2, 0.25) is 5.69 Å². The number of carbonyl (C=O) groups is 1. The lowest BCUT2D eigenvalue weighted by atomic mass is 9.76. The molecule has 0 bridgehead atoms. The number of ether oxygens (including phenoxy) is 2. The fourth-order valence-electron chi connectivity index (χ4n) is 7.74. The zero-order valence-electron chi connectivity index (χ0n) is 33.8. The average Bonchev–Trinajstić information content (AvgIpc) is 3.55. The van der Waals surface area contributed by atoms with Gasteiger partial charge in [-0.1, -0.05) is 24.6 Å². The van der Waals surface area contributed by atoms with Crippen molar-refractivity contribution in [2.45, 2.75) is 79.4 Å². The van der Waals surface area contributed by atoms with Crippen molar-refractivity contribution < 1.29 is 62.1 Å². The van der Waals surface area contributed by atoms with Gasteiger partial charge in [0, 0.05) is 68.3 Å². The van der Waals surface area contributed by atoms with E-state index in [2.05, 4.69) is 9.08 Å². The maximum absolute atomic E-state index is 12.8. The second kappa shape index (κ2) is 19.5. The fraction of sp³-hybridized carbons (Fsp3) is 0.500. The molecule has 0 saturated heterocycles. The van der Waals surface area contributed by atoms with Crippen LogP contribution in [0.15, 0.2) is 82.3 Å². The van der Waals surface area contributed by atoms with Crippen molar-refractivity contribution in [3.8, 4) is 0 Å². The summed E-state index contributed by atoms with van der Waals surface area (Å²) in [5.74, 6) is -1.10. The summed E-state index contributed by atoms with van der Waals surface area (Å²) in [6.07, 6.45) is 12.3. The zero-order chi connectivity index (χ0) is 42.9. The van der Waals surface area contributed by atoms with Gasteiger partial charge < -0.3 is 19.5 Å². The van der Waals surface area contributed by atoms with E-state index in [0.717, 1.165) is 37.0 Å². The predicted octanol–water partition coefficient (Wildman–Crippen LogP) is 5.48. The lowest BCUT2D eigenvalue weighted by Crippen LogP contribution is -2.32. The van der Waals surface area contributed by atoms with Crippen molar-refractivity contribution in [2.75, 3.05) is 65.4 Å². The van der Waals surface area contributed by atoms with Crippen molar-refractivity contribution in [3.05, 3.63) is 83.6 Å². The number of aliphatic carboxylic acids is 1. The van der Waals surface area contributed by atoms with Crippen LogP contribution in [0, 0.1) is 0 Å². The number of carboxylic acids is 1. The van der Waals surface area contributed by atoms with Crippen molar-refractivity contribution in [2.24, 2.45) is 0 Å². The second-order valence-corrected chi connectivity index (χ2v) is 19.6. The predicted molar refractivity (Wildman–Crippen MR) is 220 cm³/mol. The van der Waals surface area contributed by atoms with Gasteiger partial charge in [0.05, 0.1) is 35.2 Å². The lowest BCUT2D eigenvalue weighted by molar-refractivity contribution is -0.441. The van der Waals surface area contributed by atoms with Gasteiger partial charge in [-0.15, -0.1) is 0 Å². The number of fused-ring (bicyclic) bond motifs is 2. The summed E-state index contributed by atoms with van der Waals surface area (Å²) in [5.41, 5.74) is 2.97. The summed E-state index contributed by atoms with van der Waals surface area (Å²) < 4.78 is 107. The van der Waals surface area contributed by atoms with Gasteiger partial charge in [-0.05, 0) is 87.9 Å². The summed E-state index contributed by atoms with van der Waals surface area (Å²) in [5, 5.41) is 9.13. The molecule has 15 nitrogen and oxygen atoms in total. The first-order valence-electron chi connectivity index (χ1n) is 18.8. The molecule has 18 heteroatoms. The van der Waals surface area contributed by atoms with Crippen LogP contribution in [0.5, 0.6) is 0 Å². The zero-order valence-corrected chi connectivity index (χ0v) is 36.3. The Balaban J connectivity index is 1.80. The minimum atomic E-state index is -4.50. The third-order valence-electron chi connectivity index (χ3n) is 10.9. The minimum absolute atomic E-state index is 0.0304. The van der Waals surface area contributed by atoms with E-state index in [1.165, 1.54) is 18.2 Å². The normalized spacial score (nSPS) is 20.5. The van der Waals surface area contributed by atoms with E-state index in [4.69, 9.17) is 18.8 Å². The number of hydrogen-bond donors (Lipinski definition) is 2. The van der Waals surface area contributed by atoms with E-state index in [0.29, 0.717) is 69.5 Å². The summed E-state index contributed by atoms with van der Waals surface area (Å²) in [4.78, 5) is 13.0. The Kier molecular flexibility index (Phi) is 15.8. The molecular formula is C40H55N2O13S3+. The highest BCUT2D eigenvalue weighted by Gasteiger charge is 2.48. The number of allylic oxidation sites excluding steroid dienone is 6. The molecule has 0 spiro atoms. The van der Waals surface area contributed by atoms with Crippen LogP contribution < -0.4 is 4.90 Å². The number of rotatable bonds is 23. The van der Waals surface area contributed by atoms with Crippen LogP contribution in [0.3, 0.4) is 0 Å². The fourth-order valence-corrected chi connectivity index (χ4v) is 9.60. The SMILES string of the molecule is COCC[N+]1=C(C=CC=CC=C2N(CCCCCC(=O)O)c3ccc(S(=O)(=O)O)cc3C2(C)CCOC)C(C)(CCCS(=O)(=O)OC)c2cc(S(=O)(=O)OC)ccc21. The molecule has 0 fully saturated rings. The largest absolute Gasteiger partial charge is 0.481 e. The molecule has 2 N–H and O–H groups in total. The molecule has 58 heavy (non-hydrogen) atoms. The molecule has 0 amide bonds. The number of hydrogen-bond acceptors (Lipinski definition) is 12. The van der Waals surface area contributed by atoms with E-state index in [1.807, 2.05) is 48.8 Å². The Morgan fingerprint density at radius 3 is 2.12 bits per heavy atom. The molecule has 0 aromatic heterocycles. The Bertz CT molecular complexity index is 2280. The molecule has 2 heterocycles. The molecular weight excluding hydrogens is 813 g/mol. The van der Waals surface area contributed by atoms with Crippen LogP contribution in [-0.2, 0) is 63.8 Å². The third-order valence-corrected chi connectivity index (χ3v) is 14.3. The Morgan fingerprint density at radius 2 is 1.48 bits per heavy atom. The number of carboxylic acid groups (broad SMARTS) is 1. The van der Waals surface area contributed by atoms with E-state index in [1.54, 1.807) is 32.4 Å². The van der Waals surface area contributed by atoms with Crippen molar-refractivity contribution in [3.63, 3.8) is 0 Å². The highest BCUT2D eigenvalue weighted by atomic mass is 32.2. The lowest BCUT2D eigenvalue weighted by Gasteiger charge is -2.30. The van der Waals surface area contributed by atoms with Gasteiger partial charge in [0.1, 0.15) is 6.61 Å². The van der Waals surface area contributed by atoms with Gasteiger partial charge >= 0.3 is 5.97 Å². The minimum Gasteiger partial charge on any atom is -0.481 e. The van der Waals surface area contributed by atoms with Crippen molar-refractivity contribution in [1.82, 2.24) is 0 Å². The summed E-state index contributed by atoms with van der Waals surface area (Å²) in [7, 11) is -6.94. The highest BCUT2D eigenvalue weighted by molar-refractivity contribution is 7.87. The number of benzene rings is 2. The van der Waals surface area contributed by atoms with Crippen molar-refractivity contribution >= 4 is 53.4 Å². The van der Waals surface area contributed by atoms with E-state index in [-0.39, 0.29) is 28.4 Å². The monoisotopic (exact) mass is 867 g/mol. The van der Waals surface area contributed by atoms with Crippen LogP contribution in [-0.4, -0.2) is 112 Å². The van der Waals surface area contributed by atoms with Crippen molar-refractivity contribution in [1.29, 1.82) is 0 Å². The van der Waals surface area contributed by atoms with Gasteiger partial charge in [-0.3, -0.25) is 17.7 Å². The van der Waals surface area contributed by atoms with E-state index < -0.39 is 47.2 Å². The molecule has 2 unspecified atom stereocenters. The molecule has 0 saturated carbocycles. The second-order valence-electron chi connectivity index (χ2n) is 14.6. The van der Waals surface area contributed by atoms with E-state index >= 15 is 0 Å². The molecule has 320 valence electrons. The standard InChI is InChI=1S/C40H54N2O13S3/c1-39(21-13-27-56(45,46)54-5)33-29-31(58(50,51)55-6)18-20-35(33)42(24-26-53-4)36(39)14-9-7-10-15-37-40(2,22-25-52-3)32-28-30(57(47,48)49)17-19-34(32)41(37)23-12-8-11-16-38(43)44/h7,9-10,14-15,17-20,28-29H,8,11-13,16,21-27H2,1-6H3,(H-,43,44,47,48,49)/p+1. The first-order chi connectivity index (χ1) is 27.3. The summed E-state index contributed by atoms with van der Waals surface area (Å²) in [6, 6.07) is 9.30. The Labute approximate surface area is 342 Å². The van der Waals surface area contributed by atoms with Crippen LogP contribution in [0.25, 0.3) is 0 Å². The van der Waals surface area contributed by atoms with Gasteiger partial charge in [0.25, 0.3) is 30.4 Å². The maximum Gasteiger partial charge on any atom is 0.303 e. The quantitative estimate of drug-likeness (QED) is 0.0467. The maximum atomic E-state index is 12.8. The summed E-state index contributed by atoms with van der Waals surface area (Å²) in [6.45, 7) is 5.58. The average molecular weight is 868 g/mol. The van der Waals surface area contributed by atoms with Crippen LogP contribution in [0.1, 0.15) is 69.9 Å². The molecule has 2 atom stereocenters. The molecule has 0 aliphatic carbocycles. The molecule has 4 rings (SSSR count). The first-order valence-corrected chi connectivity index (χ1v) is 23.3. The first kappa shape index (κ1) is 46.9. The van der Waals surface area contributed by atoms with E-state index in [9.17, 15) is 34.6 Å². The third kappa shape index (κ3) is 10.7.